The van der Waals surface area contributed by atoms with Crippen molar-refractivity contribution < 1.29 is 9.53 Å². The van der Waals surface area contributed by atoms with Gasteiger partial charge in [0.1, 0.15) is 5.75 Å². The van der Waals surface area contributed by atoms with Gasteiger partial charge in [0.25, 0.3) is 0 Å². The Morgan fingerprint density at radius 3 is 2.40 bits per heavy atom. The lowest BCUT2D eigenvalue weighted by atomic mass is 10.1. The number of rotatable bonds is 3. The summed E-state index contributed by atoms with van der Waals surface area (Å²) in [6, 6.07) is 6.12. The number of carbonyl (C=O) groups excluding carboxylic acids is 1. The lowest BCUT2D eigenvalue weighted by molar-refractivity contribution is 0.112. The highest BCUT2D eigenvalue weighted by atomic mass is 32.1. The van der Waals surface area contributed by atoms with Crippen molar-refractivity contribution in [2.45, 2.75) is 38.9 Å². The van der Waals surface area contributed by atoms with Gasteiger partial charge >= 0.3 is 0 Å². The van der Waals surface area contributed by atoms with E-state index in [9.17, 15) is 4.79 Å². The van der Waals surface area contributed by atoms with Gasteiger partial charge in [0.15, 0.2) is 6.29 Å². The first kappa shape index (κ1) is 15.3. The average Bonchev–Trinajstić information content (AvgIpc) is 2.80. The van der Waals surface area contributed by atoms with Gasteiger partial charge in [0.05, 0.1) is 20.7 Å². The molecular weight excluding hydrogens is 284 g/mol. The van der Waals surface area contributed by atoms with E-state index in [-0.39, 0.29) is 0 Å². The second-order valence-corrected chi connectivity index (χ2v) is 13.4. The highest BCUT2D eigenvalue weighted by molar-refractivity contribution is 7.31. The van der Waals surface area contributed by atoms with Crippen molar-refractivity contribution in [2.75, 3.05) is 7.11 Å². The van der Waals surface area contributed by atoms with Gasteiger partial charge in [0, 0.05) is 10.1 Å². The molecule has 20 heavy (non-hydrogen) atoms. The molecule has 0 amide bonds. The van der Waals surface area contributed by atoms with Crippen LogP contribution in [0.25, 0.3) is 10.1 Å². The number of aldehydes is 1. The zero-order valence-corrected chi connectivity index (χ0v) is 14.9. The van der Waals surface area contributed by atoms with Crippen LogP contribution in [0.4, 0.5) is 0 Å². The minimum Gasteiger partial charge on any atom is -0.495 e. The fourth-order valence-electron chi connectivity index (χ4n) is 2.10. The Balaban J connectivity index is 2.69. The second-order valence-electron chi connectivity index (χ2n) is 6.70. The van der Waals surface area contributed by atoms with Crippen molar-refractivity contribution in [3.63, 3.8) is 0 Å². The molecule has 2 rings (SSSR count). The minimum atomic E-state index is -1.55. The Hall–Kier alpha value is -1.13. The largest absolute Gasteiger partial charge is 0.495 e. The normalized spacial score (nSPS) is 12.7. The topological polar surface area (TPSA) is 26.3 Å². The Morgan fingerprint density at radius 2 is 1.90 bits per heavy atom. The average molecular weight is 307 g/mol. The van der Waals surface area contributed by atoms with Gasteiger partial charge < -0.3 is 4.74 Å². The van der Waals surface area contributed by atoms with E-state index in [1.165, 1.54) is 9.20 Å². The van der Waals surface area contributed by atoms with E-state index in [0.29, 0.717) is 16.4 Å². The van der Waals surface area contributed by atoms with E-state index in [1.807, 2.05) is 23.5 Å². The van der Waals surface area contributed by atoms with Crippen LogP contribution in [-0.2, 0) is 0 Å². The Bertz CT molecular complexity index is 650. The highest BCUT2D eigenvalue weighted by Gasteiger charge is 2.38. The van der Waals surface area contributed by atoms with Crippen molar-refractivity contribution in [1.82, 2.24) is 0 Å². The molecule has 0 N–H and O–H groups in total. The first-order valence-corrected chi connectivity index (χ1v) is 10.6. The van der Waals surface area contributed by atoms with E-state index in [4.69, 9.17) is 4.74 Å². The maximum Gasteiger partial charge on any atom is 0.153 e. The van der Waals surface area contributed by atoms with Gasteiger partial charge in [-0.3, -0.25) is 4.79 Å². The molecule has 4 heteroatoms. The fraction of sp³-hybridized carbons (Fsp3) is 0.438. The zero-order chi connectivity index (χ0) is 15.1. The summed E-state index contributed by atoms with van der Waals surface area (Å²) in [5.74, 6) is 0.707. The molecule has 2 aromatic rings. The summed E-state index contributed by atoms with van der Waals surface area (Å²) in [5, 5.41) is 1.37. The number of hydrogen-bond acceptors (Lipinski definition) is 3. The summed E-state index contributed by atoms with van der Waals surface area (Å²) in [7, 11) is 0.0777. The van der Waals surface area contributed by atoms with Gasteiger partial charge in [-0.25, -0.2) is 0 Å². The van der Waals surface area contributed by atoms with Crippen molar-refractivity contribution in [2.24, 2.45) is 0 Å². The van der Waals surface area contributed by atoms with Crippen LogP contribution in [0.3, 0.4) is 0 Å². The van der Waals surface area contributed by atoms with Gasteiger partial charge in [-0.15, -0.1) is 11.3 Å². The number of carbonyl (C=O) groups is 1. The molecule has 0 aliphatic rings. The van der Waals surface area contributed by atoms with Crippen LogP contribution >= 0.6 is 11.3 Å². The maximum atomic E-state index is 11.1. The summed E-state index contributed by atoms with van der Waals surface area (Å²) in [6.07, 6.45) is 0.863. The lowest BCUT2D eigenvalue weighted by Gasteiger charge is -2.35. The summed E-state index contributed by atoms with van der Waals surface area (Å²) in [5.41, 5.74) is 0.625. The molecule has 0 radical (unpaired) electrons. The van der Waals surface area contributed by atoms with Crippen molar-refractivity contribution in [1.29, 1.82) is 0 Å². The number of methoxy groups -OCH3 is 1. The van der Waals surface area contributed by atoms with Crippen molar-refractivity contribution in [3.05, 3.63) is 23.8 Å². The van der Waals surface area contributed by atoms with Gasteiger partial charge in [-0.05, 0) is 27.7 Å². The Morgan fingerprint density at radius 1 is 1.25 bits per heavy atom. The molecule has 108 valence electrons. The number of ether oxygens (including phenoxy) is 1. The predicted octanol–water partition coefficient (Wildman–Crippen LogP) is 4.44. The van der Waals surface area contributed by atoms with Crippen LogP contribution in [0.2, 0.25) is 18.1 Å². The fourth-order valence-corrected chi connectivity index (χ4v) is 6.43. The quantitative estimate of drug-likeness (QED) is 0.619. The monoisotopic (exact) mass is 306 g/mol. The number of benzene rings is 1. The van der Waals surface area contributed by atoms with E-state index in [0.717, 1.165) is 11.7 Å². The molecule has 0 aliphatic heterocycles. The standard InChI is InChI=1S/C16H22O2SSi/c1-16(2,3)20(5,6)14-9-12-13(19-14)8-7-11(10-17)15(12)18-4/h7-10H,1-6H3. The molecule has 0 aliphatic carbocycles. The maximum absolute atomic E-state index is 11.1. The lowest BCUT2D eigenvalue weighted by Crippen LogP contribution is -2.47. The molecule has 1 aromatic heterocycles. The van der Waals surface area contributed by atoms with E-state index < -0.39 is 8.07 Å². The van der Waals surface area contributed by atoms with Crippen LogP contribution in [0, 0.1) is 0 Å². The molecule has 1 aromatic carbocycles. The van der Waals surface area contributed by atoms with Gasteiger partial charge in [-0.2, -0.15) is 0 Å². The summed E-state index contributed by atoms with van der Waals surface area (Å²) < 4.78 is 8.11. The Labute approximate surface area is 125 Å². The number of hydrogen-bond donors (Lipinski definition) is 0. The third kappa shape index (κ3) is 2.31. The number of fused-ring (bicyclic) bond motifs is 1. The zero-order valence-electron chi connectivity index (χ0n) is 13.0. The molecular formula is C16H22O2SSi. The van der Waals surface area contributed by atoms with Gasteiger partial charge in [-0.1, -0.05) is 33.9 Å². The summed E-state index contributed by atoms with van der Waals surface area (Å²) in [6.45, 7) is 11.8. The third-order valence-electron chi connectivity index (χ3n) is 4.50. The van der Waals surface area contributed by atoms with E-state index >= 15 is 0 Å². The molecule has 0 fully saturated rings. The molecule has 1 heterocycles. The minimum absolute atomic E-state index is 0.300. The first-order valence-electron chi connectivity index (χ1n) is 6.78. The second kappa shape index (κ2) is 5.01. The summed E-state index contributed by atoms with van der Waals surface area (Å²) in [4.78, 5) is 11.1. The molecule has 0 saturated carbocycles. The number of thiophene rings is 1. The predicted molar refractivity (Wildman–Crippen MR) is 90.6 cm³/mol. The Kier molecular flexibility index (Phi) is 3.82. The van der Waals surface area contributed by atoms with Crippen LogP contribution in [-0.4, -0.2) is 21.5 Å². The van der Waals surface area contributed by atoms with Crippen LogP contribution < -0.4 is 9.24 Å². The van der Waals surface area contributed by atoms with Crippen molar-refractivity contribution >= 4 is 40.3 Å². The highest BCUT2D eigenvalue weighted by Crippen LogP contribution is 2.39. The molecule has 0 saturated heterocycles. The molecule has 2 nitrogen and oxygen atoms in total. The smallest absolute Gasteiger partial charge is 0.153 e. The van der Waals surface area contributed by atoms with Gasteiger partial charge in [0.2, 0.25) is 0 Å². The molecule has 0 unspecified atom stereocenters. The molecule has 0 spiro atoms. The molecule has 0 atom stereocenters. The van der Waals surface area contributed by atoms with Crippen molar-refractivity contribution in [3.8, 4) is 5.75 Å². The van der Waals surface area contributed by atoms with Crippen LogP contribution in [0.5, 0.6) is 5.75 Å². The van der Waals surface area contributed by atoms with E-state index in [2.05, 4.69) is 39.9 Å². The van der Waals surface area contributed by atoms with Crippen LogP contribution in [0.15, 0.2) is 18.2 Å². The SMILES string of the molecule is COc1c(C=O)ccc2sc([Si](C)(C)C(C)(C)C)cc12. The summed E-state index contributed by atoms with van der Waals surface area (Å²) >= 11 is 1.85. The molecule has 0 bridgehead atoms. The third-order valence-corrected chi connectivity index (χ3v) is 12.4. The van der Waals surface area contributed by atoms with Crippen LogP contribution in [0.1, 0.15) is 31.1 Å². The van der Waals surface area contributed by atoms with E-state index in [1.54, 1.807) is 7.11 Å². The first-order chi connectivity index (χ1) is 9.22.